The van der Waals surface area contributed by atoms with Gasteiger partial charge in [-0.2, -0.15) is 5.26 Å². The molecular weight excluding hydrogens is 434 g/mol. The summed E-state index contributed by atoms with van der Waals surface area (Å²) in [4.78, 5) is 38.6. The van der Waals surface area contributed by atoms with E-state index < -0.39 is 11.9 Å². The molecule has 0 saturated heterocycles. The topological polar surface area (TPSA) is 130 Å². The molecule has 3 amide bonds. The smallest absolute Gasteiger partial charge is 0.338 e. The Balaban J connectivity index is 1.59. The fourth-order valence-electron chi connectivity index (χ4n) is 4.11. The molecule has 0 aliphatic carbocycles. The zero-order valence-corrected chi connectivity index (χ0v) is 18.6. The van der Waals surface area contributed by atoms with Gasteiger partial charge in [-0.05, 0) is 36.8 Å². The number of hydrogen-bond donors (Lipinski definition) is 2. The van der Waals surface area contributed by atoms with Crippen molar-refractivity contribution in [1.82, 2.24) is 9.47 Å². The van der Waals surface area contributed by atoms with Crippen molar-refractivity contribution in [3.05, 3.63) is 77.0 Å². The number of primary amides is 1. The minimum Gasteiger partial charge on any atom is -0.462 e. The van der Waals surface area contributed by atoms with Crippen LogP contribution in [0.25, 0.3) is 11.3 Å². The predicted molar refractivity (Wildman–Crippen MR) is 125 cm³/mol. The number of nitrogens with two attached hydrogens (primary N) is 1. The molecule has 34 heavy (non-hydrogen) atoms. The summed E-state index contributed by atoms with van der Waals surface area (Å²) in [6.07, 6.45) is 0. The third-order valence-electron chi connectivity index (χ3n) is 5.65. The highest BCUT2D eigenvalue weighted by atomic mass is 16.5. The van der Waals surface area contributed by atoms with Gasteiger partial charge in [-0.25, -0.2) is 9.59 Å². The fourth-order valence-corrected chi connectivity index (χ4v) is 4.11. The lowest BCUT2D eigenvalue weighted by Gasteiger charge is -2.30. The lowest BCUT2D eigenvalue weighted by molar-refractivity contribution is 0.0526. The van der Waals surface area contributed by atoms with Gasteiger partial charge in [-0.15, -0.1) is 0 Å². The Morgan fingerprint density at radius 2 is 1.79 bits per heavy atom. The number of urea groups is 1. The molecule has 9 nitrogen and oxygen atoms in total. The van der Waals surface area contributed by atoms with Crippen LogP contribution in [0.1, 0.15) is 38.9 Å². The summed E-state index contributed by atoms with van der Waals surface area (Å²) in [5.41, 5.74) is 8.85. The molecule has 2 heterocycles. The lowest BCUT2D eigenvalue weighted by atomic mass is 10.0. The van der Waals surface area contributed by atoms with Crippen LogP contribution in [0.3, 0.4) is 0 Å². The molecule has 0 saturated carbocycles. The summed E-state index contributed by atoms with van der Waals surface area (Å²) >= 11 is 0. The molecular formula is C25H23N5O4. The van der Waals surface area contributed by atoms with E-state index in [2.05, 4.69) is 11.4 Å². The Morgan fingerprint density at radius 3 is 2.41 bits per heavy atom. The number of anilines is 1. The van der Waals surface area contributed by atoms with Crippen molar-refractivity contribution < 1.29 is 19.1 Å². The van der Waals surface area contributed by atoms with Gasteiger partial charge in [0.1, 0.15) is 6.07 Å². The molecule has 0 spiro atoms. The molecule has 0 radical (unpaired) electrons. The number of carbonyl (C=O) groups is 3. The monoisotopic (exact) mass is 457 g/mol. The molecule has 3 N–H and O–H groups in total. The van der Waals surface area contributed by atoms with Crippen molar-refractivity contribution in [3.8, 4) is 17.3 Å². The van der Waals surface area contributed by atoms with Crippen molar-refractivity contribution in [1.29, 1.82) is 5.26 Å². The third-order valence-corrected chi connectivity index (χ3v) is 5.65. The van der Waals surface area contributed by atoms with Gasteiger partial charge in [0.2, 0.25) is 0 Å². The first-order valence-electron chi connectivity index (χ1n) is 10.8. The Bertz CT molecular complexity index is 1290. The summed E-state index contributed by atoms with van der Waals surface area (Å²) in [5.74, 6) is -1.14. The van der Waals surface area contributed by atoms with Gasteiger partial charge in [-0.1, -0.05) is 30.3 Å². The van der Waals surface area contributed by atoms with E-state index in [9.17, 15) is 19.6 Å². The lowest BCUT2D eigenvalue weighted by Crippen LogP contribution is -2.41. The molecule has 3 aromatic rings. The molecule has 1 aliphatic rings. The molecule has 172 valence electrons. The van der Waals surface area contributed by atoms with E-state index in [4.69, 9.17) is 10.5 Å². The van der Waals surface area contributed by atoms with Crippen LogP contribution in [0, 0.1) is 11.3 Å². The molecule has 1 aromatic heterocycles. The SMILES string of the molecule is CCOC(=O)c1ccc(NC(=O)N2CCn3c(c(C(N)=O)c(C#N)c3-c3ccccc3)C2)cc1. The number of ether oxygens (including phenoxy) is 1. The van der Waals surface area contributed by atoms with Crippen LogP contribution < -0.4 is 11.1 Å². The van der Waals surface area contributed by atoms with Crippen LogP contribution >= 0.6 is 0 Å². The van der Waals surface area contributed by atoms with Crippen molar-refractivity contribution in [2.75, 3.05) is 18.5 Å². The summed E-state index contributed by atoms with van der Waals surface area (Å²) < 4.78 is 6.86. The number of benzene rings is 2. The maximum absolute atomic E-state index is 12.9. The van der Waals surface area contributed by atoms with Gasteiger partial charge in [0.25, 0.3) is 5.91 Å². The fraction of sp³-hybridized carbons (Fsp3) is 0.200. The number of nitrogens with zero attached hydrogens (tertiary/aromatic N) is 3. The van der Waals surface area contributed by atoms with E-state index in [0.29, 0.717) is 35.7 Å². The van der Waals surface area contributed by atoms with Crippen LogP contribution in [0.4, 0.5) is 10.5 Å². The summed E-state index contributed by atoms with van der Waals surface area (Å²) in [6, 6.07) is 17.5. The normalized spacial score (nSPS) is 12.4. The number of carbonyl (C=O) groups excluding carboxylic acids is 3. The molecule has 9 heteroatoms. The predicted octanol–water partition coefficient (Wildman–Crippen LogP) is 3.35. The summed E-state index contributed by atoms with van der Waals surface area (Å²) in [6.45, 7) is 2.90. The number of fused-ring (bicyclic) bond motifs is 1. The minimum absolute atomic E-state index is 0.118. The standard InChI is InChI=1S/C25H23N5O4/c1-2-34-24(32)17-8-10-18(11-9-17)28-25(33)29-12-13-30-20(15-29)21(23(27)31)19(14-26)22(30)16-6-4-3-5-7-16/h3-11H,2,12-13,15H2,1H3,(H2,27,31)(H,28,33). The van der Waals surface area contributed by atoms with Crippen molar-refractivity contribution >= 4 is 23.6 Å². The Kier molecular flexibility index (Phi) is 6.32. The number of nitriles is 1. The highest BCUT2D eigenvalue weighted by Crippen LogP contribution is 2.34. The highest BCUT2D eigenvalue weighted by Gasteiger charge is 2.32. The quantitative estimate of drug-likeness (QED) is 0.568. The number of hydrogen-bond acceptors (Lipinski definition) is 5. The second-order valence-corrected chi connectivity index (χ2v) is 7.69. The van der Waals surface area contributed by atoms with E-state index >= 15 is 0 Å². The van der Waals surface area contributed by atoms with Crippen LogP contribution in [0.15, 0.2) is 54.6 Å². The van der Waals surface area contributed by atoms with E-state index in [1.807, 2.05) is 34.9 Å². The molecule has 4 rings (SSSR count). The number of aromatic nitrogens is 1. The van der Waals surface area contributed by atoms with Crippen molar-refractivity contribution in [2.24, 2.45) is 5.73 Å². The summed E-state index contributed by atoms with van der Waals surface area (Å²) in [5, 5.41) is 12.6. The van der Waals surface area contributed by atoms with Crippen LogP contribution in [0.2, 0.25) is 0 Å². The second-order valence-electron chi connectivity index (χ2n) is 7.69. The third kappa shape index (κ3) is 4.21. The van der Waals surface area contributed by atoms with Crippen molar-refractivity contribution in [3.63, 3.8) is 0 Å². The van der Waals surface area contributed by atoms with Gasteiger partial charge >= 0.3 is 12.0 Å². The Hall–Kier alpha value is -4.58. The molecule has 0 unspecified atom stereocenters. The van der Waals surface area contributed by atoms with E-state index in [0.717, 1.165) is 5.56 Å². The largest absolute Gasteiger partial charge is 0.462 e. The first-order chi connectivity index (χ1) is 16.4. The van der Waals surface area contributed by atoms with E-state index in [1.54, 1.807) is 36.1 Å². The average molecular weight is 457 g/mol. The maximum atomic E-state index is 12.9. The molecule has 0 bridgehead atoms. The second kappa shape index (κ2) is 9.50. The average Bonchev–Trinajstić information content (AvgIpc) is 3.19. The number of amides is 3. The minimum atomic E-state index is -0.709. The maximum Gasteiger partial charge on any atom is 0.338 e. The first kappa shape index (κ1) is 22.6. The number of rotatable bonds is 5. The number of esters is 1. The van der Waals surface area contributed by atoms with Gasteiger partial charge in [0.15, 0.2) is 0 Å². The molecule has 1 aliphatic heterocycles. The van der Waals surface area contributed by atoms with Crippen LogP contribution in [0.5, 0.6) is 0 Å². The zero-order chi connectivity index (χ0) is 24.2. The Morgan fingerprint density at radius 1 is 1.09 bits per heavy atom. The molecule has 0 atom stereocenters. The highest BCUT2D eigenvalue weighted by molar-refractivity contribution is 6.00. The van der Waals surface area contributed by atoms with Crippen molar-refractivity contribution in [2.45, 2.75) is 20.0 Å². The van der Waals surface area contributed by atoms with E-state index in [1.165, 1.54) is 0 Å². The van der Waals surface area contributed by atoms with Gasteiger partial charge < -0.3 is 25.3 Å². The van der Waals surface area contributed by atoms with E-state index in [-0.39, 0.29) is 30.3 Å². The van der Waals surface area contributed by atoms with Crippen LogP contribution in [-0.2, 0) is 17.8 Å². The molecule has 0 fully saturated rings. The Labute approximate surface area is 196 Å². The van der Waals surface area contributed by atoms with Gasteiger partial charge in [0.05, 0.1) is 41.2 Å². The summed E-state index contributed by atoms with van der Waals surface area (Å²) in [7, 11) is 0. The molecule has 2 aromatic carbocycles. The number of nitrogens with one attached hydrogen (secondary N) is 1. The zero-order valence-electron chi connectivity index (χ0n) is 18.6. The first-order valence-corrected chi connectivity index (χ1v) is 10.8. The van der Waals surface area contributed by atoms with Gasteiger partial charge in [0, 0.05) is 18.8 Å². The van der Waals surface area contributed by atoms with Gasteiger partial charge in [-0.3, -0.25) is 4.79 Å². The van der Waals surface area contributed by atoms with Crippen LogP contribution in [-0.4, -0.2) is 40.5 Å².